The quantitative estimate of drug-likeness (QED) is 0.742. The molecule has 0 saturated heterocycles. The Morgan fingerprint density at radius 2 is 1.94 bits per heavy atom. The molecule has 0 bridgehead atoms. The Kier molecular flexibility index (Phi) is 6.47. The van der Waals surface area contributed by atoms with E-state index >= 15 is 0 Å². The van der Waals surface area contributed by atoms with E-state index < -0.39 is 0 Å². The van der Waals surface area contributed by atoms with Crippen LogP contribution in [0.5, 0.6) is 0 Å². The molecule has 0 aliphatic rings. The van der Waals surface area contributed by atoms with Crippen LogP contribution in [-0.2, 0) is 0 Å². The average Bonchev–Trinajstić information content (AvgIpc) is 2.40. The van der Waals surface area contributed by atoms with Gasteiger partial charge in [-0.15, -0.1) is 0 Å². The van der Waals surface area contributed by atoms with E-state index in [1.807, 2.05) is 14.0 Å². The molecule has 1 aromatic rings. The summed E-state index contributed by atoms with van der Waals surface area (Å²) in [4.78, 5) is 8.50. The Labute approximate surface area is 111 Å². The summed E-state index contributed by atoms with van der Waals surface area (Å²) in [6.07, 6.45) is 6.70. The van der Waals surface area contributed by atoms with Gasteiger partial charge in [-0.25, -0.2) is 9.97 Å². The summed E-state index contributed by atoms with van der Waals surface area (Å²) in [5.41, 5.74) is 1.09. The predicted molar refractivity (Wildman–Crippen MR) is 78.1 cm³/mol. The molecular formula is C14H26N4. The summed E-state index contributed by atoms with van der Waals surface area (Å²) < 4.78 is 0. The van der Waals surface area contributed by atoms with E-state index in [2.05, 4.69) is 34.4 Å². The fourth-order valence-electron chi connectivity index (χ4n) is 2.06. The lowest BCUT2D eigenvalue weighted by Crippen LogP contribution is -2.15. The normalized spacial score (nSPS) is 12.2. The van der Waals surface area contributed by atoms with Crippen molar-refractivity contribution < 1.29 is 0 Å². The van der Waals surface area contributed by atoms with Gasteiger partial charge in [0.05, 0.1) is 0 Å². The summed E-state index contributed by atoms with van der Waals surface area (Å²) in [6, 6.07) is 0. The zero-order valence-electron chi connectivity index (χ0n) is 12.1. The van der Waals surface area contributed by atoms with Gasteiger partial charge in [-0.05, 0) is 19.3 Å². The van der Waals surface area contributed by atoms with Crippen molar-refractivity contribution in [3.63, 3.8) is 0 Å². The second-order valence-corrected chi connectivity index (χ2v) is 4.74. The van der Waals surface area contributed by atoms with Crippen molar-refractivity contribution in [3.8, 4) is 0 Å². The van der Waals surface area contributed by atoms with Gasteiger partial charge in [0.25, 0.3) is 0 Å². The first-order valence-corrected chi connectivity index (χ1v) is 6.96. The maximum atomic E-state index is 4.31. The third kappa shape index (κ3) is 4.17. The highest BCUT2D eigenvalue weighted by Crippen LogP contribution is 2.19. The van der Waals surface area contributed by atoms with Crippen LogP contribution >= 0.6 is 0 Å². The molecule has 0 amide bonds. The highest BCUT2D eigenvalue weighted by atomic mass is 15.1. The van der Waals surface area contributed by atoms with Gasteiger partial charge in [0, 0.05) is 19.2 Å². The van der Waals surface area contributed by atoms with Gasteiger partial charge < -0.3 is 10.6 Å². The number of hydrogen-bond acceptors (Lipinski definition) is 4. The van der Waals surface area contributed by atoms with E-state index in [4.69, 9.17) is 0 Å². The summed E-state index contributed by atoms with van der Waals surface area (Å²) in [5.74, 6) is 2.58. The van der Waals surface area contributed by atoms with Gasteiger partial charge >= 0.3 is 0 Å². The molecule has 0 fully saturated rings. The fraction of sp³-hybridized carbons (Fsp3) is 0.714. The van der Waals surface area contributed by atoms with Crippen LogP contribution in [0.3, 0.4) is 0 Å². The SMILES string of the molecule is CCCCC(CC)CNc1ncnc(NC)c1C. The highest BCUT2D eigenvalue weighted by molar-refractivity contribution is 5.55. The second kappa shape index (κ2) is 7.90. The van der Waals surface area contributed by atoms with E-state index in [-0.39, 0.29) is 0 Å². The van der Waals surface area contributed by atoms with Crippen molar-refractivity contribution in [3.05, 3.63) is 11.9 Å². The summed E-state index contributed by atoms with van der Waals surface area (Å²) in [5, 5.41) is 6.54. The van der Waals surface area contributed by atoms with E-state index in [0.29, 0.717) is 0 Å². The maximum Gasteiger partial charge on any atom is 0.134 e. The first kappa shape index (κ1) is 14.7. The Hall–Kier alpha value is -1.32. The molecule has 1 heterocycles. The van der Waals surface area contributed by atoms with E-state index in [1.165, 1.54) is 25.7 Å². The van der Waals surface area contributed by atoms with Gasteiger partial charge in [0.1, 0.15) is 18.0 Å². The summed E-state index contributed by atoms with van der Waals surface area (Å²) >= 11 is 0. The summed E-state index contributed by atoms with van der Waals surface area (Å²) in [7, 11) is 1.88. The van der Waals surface area contributed by atoms with Crippen LogP contribution in [-0.4, -0.2) is 23.6 Å². The molecule has 0 spiro atoms. The summed E-state index contributed by atoms with van der Waals surface area (Å²) in [6.45, 7) is 7.54. The first-order valence-electron chi connectivity index (χ1n) is 6.96. The second-order valence-electron chi connectivity index (χ2n) is 4.74. The van der Waals surface area contributed by atoms with Crippen molar-refractivity contribution in [2.24, 2.45) is 5.92 Å². The molecule has 1 aromatic heterocycles. The largest absolute Gasteiger partial charge is 0.373 e. The van der Waals surface area contributed by atoms with Gasteiger partial charge in [-0.1, -0.05) is 33.1 Å². The Morgan fingerprint density at radius 1 is 1.22 bits per heavy atom. The molecule has 18 heavy (non-hydrogen) atoms. The number of nitrogens with zero attached hydrogens (tertiary/aromatic N) is 2. The fourth-order valence-corrected chi connectivity index (χ4v) is 2.06. The van der Waals surface area contributed by atoms with Crippen molar-refractivity contribution in [2.75, 3.05) is 24.2 Å². The number of hydrogen-bond donors (Lipinski definition) is 2. The molecule has 1 atom stereocenters. The smallest absolute Gasteiger partial charge is 0.134 e. The molecule has 1 rings (SSSR count). The minimum absolute atomic E-state index is 0.734. The molecule has 0 saturated carbocycles. The molecule has 0 aromatic carbocycles. The lowest BCUT2D eigenvalue weighted by Gasteiger charge is -2.17. The van der Waals surface area contributed by atoms with Crippen LogP contribution in [0.1, 0.15) is 45.1 Å². The van der Waals surface area contributed by atoms with Gasteiger partial charge in [0.15, 0.2) is 0 Å². The van der Waals surface area contributed by atoms with Crippen LogP contribution in [0.2, 0.25) is 0 Å². The van der Waals surface area contributed by atoms with Crippen LogP contribution in [0, 0.1) is 12.8 Å². The van der Waals surface area contributed by atoms with E-state index in [0.717, 1.165) is 29.7 Å². The van der Waals surface area contributed by atoms with E-state index in [1.54, 1.807) is 6.33 Å². The molecule has 2 N–H and O–H groups in total. The standard InChI is InChI=1S/C14H26N4/c1-5-7-8-12(6-2)9-16-14-11(3)13(15-4)17-10-18-14/h10,12H,5-9H2,1-4H3,(H2,15,16,17,18). The van der Waals surface area contributed by atoms with Gasteiger partial charge in [-0.2, -0.15) is 0 Å². The highest BCUT2D eigenvalue weighted by Gasteiger charge is 2.09. The van der Waals surface area contributed by atoms with Crippen LogP contribution in [0.15, 0.2) is 6.33 Å². The molecule has 0 aliphatic carbocycles. The minimum Gasteiger partial charge on any atom is -0.373 e. The maximum absolute atomic E-state index is 4.31. The van der Waals surface area contributed by atoms with Crippen molar-refractivity contribution >= 4 is 11.6 Å². The number of anilines is 2. The number of rotatable bonds is 8. The molecule has 4 nitrogen and oxygen atoms in total. The molecular weight excluding hydrogens is 224 g/mol. The zero-order chi connectivity index (χ0) is 13.4. The van der Waals surface area contributed by atoms with Crippen LogP contribution in [0.25, 0.3) is 0 Å². The number of unbranched alkanes of at least 4 members (excludes halogenated alkanes) is 1. The molecule has 0 aliphatic heterocycles. The minimum atomic E-state index is 0.734. The third-order valence-corrected chi connectivity index (χ3v) is 3.42. The topological polar surface area (TPSA) is 49.8 Å². The van der Waals surface area contributed by atoms with Gasteiger partial charge in [0.2, 0.25) is 0 Å². The molecule has 4 heteroatoms. The Morgan fingerprint density at radius 3 is 2.56 bits per heavy atom. The van der Waals surface area contributed by atoms with Crippen molar-refractivity contribution in [1.82, 2.24) is 9.97 Å². The Bertz CT molecular complexity index is 352. The number of aromatic nitrogens is 2. The number of nitrogens with one attached hydrogen (secondary N) is 2. The van der Waals surface area contributed by atoms with Gasteiger partial charge in [-0.3, -0.25) is 0 Å². The Balaban J connectivity index is 2.56. The van der Waals surface area contributed by atoms with Crippen LogP contribution in [0.4, 0.5) is 11.6 Å². The van der Waals surface area contributed by atoms with Crippen molar-refractivity contribution in [2.45, 2.75) is 46.5 Å². The predicted octanol–water partition coefficient (Wildman–Crippen LogP) is 3.46. The van der Waals surface area contributed by atoms with Crippen LogP contribution < -0.4 is 10.6 Å². The van der Waals surface area contributed by atoms with E-state index in [9.17, 15) is 0 Å². The monoisotopic (exact) mass is 250 g/mol. The molecule has 1 unspecified atom stereocenters. The third-order valence-electron chi connectivity index (χ3n) is 3.42. The molecule has 102 valence electrons. The average molecular weight is 250 g/mol. The zero-order valence-corrected chi connectivity index (χ0v) is 12.1. The lowest BCUT2D eigenvalue weighted by atomic mass is 9.99. The lowest BCUT2D eigenvalue weighted by molar-refractivity contribution is 0.472. The first-order chi connectivity index (χ1) is 8.72. The molecule has 0 radical (unpaired) electrons. The van der Waals surface area contributed by atoms with Crippen molar-refractivity contribution in [1.29, 1.82) is 0 Å².